The maximum atomic E-state index is 11.8. The predicted octanol–water partition coefficient (Wildman–Crippen LogP) is 2.78. The van der Waals surface area contributed by atoms with Gasteiger partial charge in [0.05, 0.1) is 0 Å². The monoisotopic (exact) mass is 378 g/mol. The van der Waals surface area contributed by atoms with Crippen molar-refractivity contribution in [1.82, 2.24) is 16.0 Å². The first kappa shape index (κ1) is 19.9. The van der Waals surface area contributed by atoms with Crippen LogP contribution in [0.4, 0.5) is 0 Å². The van der Waals surface area contributed by atoms with Gasteiger partial charge < -0.3 is 16.0 Å². The van der Waals surface area contributed by atoms with Crippen molar-refractivity contribution in [1.29, 1.82) is 0 Å². The number of hydrogen-bond acceptors (Lipinski definition) is 2. The average Bonchev–Trinajstić information content (AvgIpc) is 3.50. The molecule has 3 rings (SSSR count). The van der Waals surface area contributed by atoms with Gasteiger partial charge in [-0.15, -0.1) is 0 Å². The molecule has 2 aromatic rings. The predicted molar refractivity (Wildman–Crippen MR) is 115 cm³/mol. The Balaban J connectivity index is 1.45. The number of benzene rings is 2. The Bertz CT molecular complexity index is 812. The molecule has 0 saturated heterocycles. The smallest absolute Gasteiger partial charge is 0.251 e. The van der Waals surface area contributed by atoms with Crippen LogP contribution in [0.3, 0.4) is 0 Å². The molecule has 148 valence electrons. The van der Waals surface area contributed by atoms with E-state index in [0.717, 1.165) is 37.5 Å². The van der Waals surface area contributed by atoms with E-state index in [4.69, 9.17) is 0 Å². The van der Waals surface area contributed by atoms with Crippen LogP contribution in [0.2, 0.25) is 0 Å². The fourth-order valence-corrected chi connectivity index (χ4v) is 3.45. The maximum Gasteiger partial charge on any atom is 0.251 e. The van der Waals surface area contributed by atoms with E-state index in [0.29, 0.717) is 11.0 Å². The van der Waals surface area contributed by atoms with Crippen molar-refractivity contribution in [2.45, 2.75) is 25.7 Å². The molecule has 0 aromatic heterocycles. The highest BCUT2D eigenvalue weighted by Crippen LogP contribution is 2.47. The summed E-state index contributed by atoms with van der Waals surface area (Å²) < 4.78 is 0. The lowest BCUT2D eigenvalue weighted by Crippen LogP contribution is -2.41. The van der Waals surface area contributed by atoms with Crippen LogP contribution < -0.4 is 16.0 Å². The minimum absolute atomic E-state index is 0.0552. The second-order valence-electron chi connectivity index (χ2n) is 7.54. The first-order valence-corrected chi connectivity index (χ1v) is 9.94. The van der Waals surface area contributed by atoms with E-state index in [1.165, 1.54) is 18.4 Å². The summed E-state index contributed by atoms with van der Waals surface area (Å²) in [6, 6.07) is 18.4. The molecule has 0 aliphatic heterocycles. The lowest BCUT2D eigenvalue weighted by molar-refractivity contribution is 0.0963. The Kier molecular flexibility index (Phi) is 6.69. The molecule has 1 aliphatic rings. The van der Waals surface area contributed by atoms with Gasteiger partial charge in [0.15, 0.2) is 5.96 Å². The molecule has 0 radical (unpaired) electrons. The zero-order valence-electron chi connectivity index (χ0n) is 16.8. The maximum absolute atomic E-state index is 11.8. The number of nitrogens with one attached hydrogen (secondary N) is 3. The van der Waals surface area contributed by atoms with Crippen LogP contribution in [-0.2, 0) is 12.8 Å². The molecule has 0 unspecified atom stereocenters. The number of carbonyl (C=O) groups is 1. The van der Waals surface area contributed by atoms with E-state index in [1.807, 2.05) is 24.3 Å². The first-order valence-electron chi connectivity index (χ1n) is 9.94. The van der Waals surface area contributed by atoms with Gasteiger partial charge >= 0.3 is 0 Å². The second kappa shape index (κ2) is 9.40. The quantitative estimate of drug-likeness (QED) is 0.489. The molecule has 1 amide bonds. The van der Waals surface area contributed by atoms with E-state index in [2.05, 4.69) is 51.3 Å². The number of amides is 1. The van der Waals surface area contributed by atoms with Crippen molar-refractivity contribution in [3.05, 3.63) is 71.3 Å². The Morgan fingerprint density at radius 3 is 2.46 bits per heavy atom. The Labute approximate surface area is 167 Å². The fraction of sp³-hybridized carbons (Fsp3) is 0.391. The Hall–Kier alpha value is -2.82. The molecule has 5 heteroatoms. The number of carbonyl (C=O) groups excluding carboxylic acids is 1. The summed E-state index contributed by atoms with van der Waals surface area (Å²) in [5, 5.41) is 9.54. The highest BCUT2D eigenvalue weighted by Gasteiger charge is 2.42. The summed E-state index contributed by atoms with van der Waals surface area (Å²) in [4.78, 5) is 16.1. The van der Waals surface area contributed by atoms with Gasteiger partial charge in [-0.2, -0.15) is 0 Å². The molecule has 1 saturated carbocycles. The third kappa shape index (κ3) is 5.59. The van der Waals surface area contributed by atoms with E-state index in [1.54, 1.807) is 14.1 Å². The van der Waals surface area contributed by atoms with Crippen LogP contribution >= 0.6 is 0 Å². The van der Waals surface area contributed by atoms with Gasteiger partial charge in [-0.25, -0.2) is 0 Å². The molecule has 1 fully saturated rings. The molecule has 0 spiro atoms. The van der Waals surface area contributed by atoms with Crippen molar-refractivity contribution in [2.24, 2.45) is 10.4 Å². The molecule has 2 aromatic carbocycles. The molecule has 0 atom stereocenters. The molecule has 3 N–H and O–H groups in total. The van der Waals surface area contributed by atoms with Gasteiger partial charge in [-0.3, -0.25) is 9.79 Å². The number of rotatable bonds is 8. The van der Waals surface area contributed by atoms with E-state index in [9.17, 15) is 4.79 Å². The fourth-order valence-electron chi connectivity index (χ4n) is 3.45. The summed E-state index contributed by atoms with van der Waals surface area (Å²) in [5.41, 5.74) is 3.59. The van der Waals surface area contributed by atoms with Crippen molar-refractivity contribution in [3.8, 4) is 0 Å². The topological polar surface area (TPSA) is 65.5 Å². The third-order valence-electron chi connectivity index (χ3n) is 5.36. The SMILES string of the molecule is CN=C(NCCc1cccc(C(=O)NC)c1)NCC1(Cc2ccccc2)CC1. The van der Waals surface area contributed by atoms with Crippen molar-refractivity contribution >= 4 is 11.9 Å². The molecular formula is C23H30N4O. The van der Waals surface area contributed by atoms with E-state index in [-0.39, 0.29) is 5.91 Å². The zero-order valence-corrected chi connectivity index (χ0v) is 16.8. The van der Waals surface area contributed by atoms with Crippen LogP contribution in [0.15, 0.2) is 59.6 Å². The second-order valence-corrected chi connectivity index (χ2v) is 7.54. The number of guanidine groups is 1. The van der Waals surface area contributed by atoms with Gasteiger partial charge in [0, 0.05) is 32.7 Å². The molecule has 5 nitrogen and oxygen atoms in total. The Morgan fingerprint density at radius 1 is 1.04 bits per heavy atom. The van der Waals surface area contributed by atoms with Crippen LogP contribution in [0.25, 0.3) is 0 Å². The van der Waals surface area contributed by atoms with Crippen LogP contribution in [0, 0.1) is 5.41 Å². The minimum atomic E-state index is -0.0552. The van der Waals surface area contributed by atoms with Crippen molar-refractivity contribution in [2.75, 3.05) is 27.2 Å². The van der Waals surface area contributed by atoms with Crippen LogP contribution in [0.5, 0.6) is 0 Å². The van der Waals surface area contributed by atoms with Crippen molar-refractivity contribution in [3.63, 3.8) is 0 Å². The number of aliphatic imine (C=N–C) groups is 1. The lowest BCUT2D eigenvalue weighted by atomic mass is 9.96. The molecule has 28 heavy (non-hydrogen) atoms. The number of hydrogen-bond donors (Lipinski definition) is 3. The summed E-state index contributed by atoms with van der Waals surface area (Å²) in [7, 11) is 3.45. The van der Waals surface area contributed by atoms with Gasteiger partial charge in [-0.1, -0.05) is 42.5 Å². The summed E-state index contributed by atoms with van der Waals surface area (Å²) in [6.07, 6.45) is 4.47. The van der Waals surface area contributed by atoms with E-state index >= 15 is 0 Å². The highest BCUT2D eigenvalue weighted by molar-refractivity contribution is 5.94. The van der Waals surface area contributed by atoms with Gasteiger partial charge in [0.25, 0.3) is 5.91 Å². The average molecular weight is 379 g/mol. The van der Waals surface area contributed by atoms with Gasteiger partial charge in [0.1, 0.15) is 0 Å². The van der Waals surface area contributed by atoms with Gasteiger partial charge in [-0.05, 0) is 54.4 Å². The van der Waals surface area contributed by atoms with Crippen LogP contribution in [0.1, 0.15) is 34.3 Å². The highest BCUT2D eigenvalue weighted by atomic mass is 16.1. The van der Waals surface area contributed by atoms with Crippen molar-refractivity contribution < 1.29 is 4.79 Å². The number of nitrogens with zero attached hydrogens (tertiary/aromatic N) is 1. The van der Waals surface area contributed by atoms with Crippen LogP contribution in [-0.4, -0.2) is 39.1 Å². The normalized spacial score (nSPS) is 15.0. The largest absolute Gasteiger partial charge is 0.356 e. The lowest BCUT2D eigenvalue weighted by Gasteiger charge is -2.19. The first-order chi connectivity index (χ1) is 13.6. The molecule has 0 bridgehead atoms. The third-order valence-corrected chi connectivity index (χ3v) is 5.36. The zero-order chi connectivity index (χ0) is 19.8. The van der Waals surface area contributed by atoms with E-state index < -0.39 is 0 Å². The molecule has 1 aliphatic carbocycles. The summed E-state index contributed by atoms with van der Waals surface area (Å²) >= 11 is 0. The Morgan fingerprint density at radius 2 is 1.79 bits per heavy atom. The van der Waals surface area contributed by atoms with Gasteiger partial charge in [0.2, 0.25) is 0 Å². The minimum Gasteiger partial charge on any atom is -0.356 e. The summed E-state index contributed by atoms with van der Waals surface area (Å²) in [5.74, 6) is 0.780. The summed E-state index contributed by atoms with van der Waals surface area (Å²) in [6.45, 7) is 1.70. The molecule has 0 heterocycles. The molecular weight excluding hydrogens is 348 g/mol. The standard InChI is InChI=1S/C23H30N4O/c1-24-21(28)20-10-6-9-18(15-20)11-14-26-22(25-2)27-17-23(12-13-23)16-19-7-4-3-5-8-19/h3-10,15H,11-14,16-17H2,1-2H3,(H,24,28)(H2,25,26,27).